The zero-order valence-corrected chi connectivity index (χ0v) is 12.8. The molecule has 1 saturated heterocycles. The Balaban J connectivity index is 1.97. The number of nitrogens with zero attached hydrogens (tertiary/aromatic N) is 3. The molecule has 2 rings (SSSR count). The minimum Gasteiger partial charge on any atom is -0.354 e. The second kappa shape index (κ2) is 6.07. The van der Waals surface area contributed by atoms with Crippen LogP contribution in [0.2, 0.25) is 0 Å². The van der Waals surface area contributed by atoms with E-state index in [0.29, 0.717) is 26.2 Å². The molecule has 1 aliphatic rings. The lowest BCUT2D eigenvalue weighted by Crippen LogP contribution is -2.48. The zero-order chi connectivity index (χ0) is 14.8. The van der Waals surface area contributed by atoms with E-state index in [-0.39, 0.29) is 6.04 Å². The van der Waals surface area contributed by atoms with Crippen LogP contribution in [0, 0.1) is 0 Å². The molecule has 112 valence electrons. The topological polar surface area (TPSA) is 79.5 Å². The Kier molecular flexibility index (Phi) is 4.62. The van der Waals surface area contributed by atoms with Gasteiger partial charge in [0.05, 0.1) is 6.26 Å². The maximum absolute atomic E-state index is 11.5. The molecule has 2 heterocycles. The van der Waals surface area contributed by atoms with Crippen LogP contribution in [-0.4, -0.2) is 56.2 Å². The molecule has 1 aliphatic heterocycles. The largest absolute Gasteiger partial charge is 0.354 e. The standard InChI is InChI=1S/C13H22N4O2S/c1-11(14)9-12-3-4-13(15-10-12)16-5-7-17(8-6-16)20(2,18)19/h3-4,10-11H,5-9,14H2,1-2H3. The second-order valence-electron chi connectivity index (χ2n) is 5.36. The quantitative estimate of drug-likeness (QED) is 0.850. The summed E-state index contributed by atoms with van der Waals surface area (Å²) < 4.78 is 24.4. The molecular formula is C13H22N4O2S. The van der Waals surface area contributed by atoms with Gasteiger partial charge in [-0.1, -0.05) is 6.07 Å². The molecule has 1 aromatic rings. The number of anilines is 1. The van der Waals surface area contributed by atoms with E-state index >= 15 is 0 Å². The Morgan fingerprint density at radius 1 is 1.30 bits per heavy atom. The average molecular weight is 298 g/mol. The first-order valence-corrected chi connectivity index (χ1v) is 8.61. The van der Waals surface area contributed by atoms with E-state index in [1.165, 1.54) is 10.6 Å². The number of pyridine rings is 1. The van der Waals surface area contributed by atoms with Gasteiger partial charge in [0.1, 0.15) is 5.82 Å². The van der Waals surface area contributed by atoms with E-state index in [4.69, 9.17) is 5.73 Å². The number of hydrogen-bond acceptors (Lipinski definition) is 5. The van der Waals surface area contributed by atoms with Crippen molar-refractivity contribution in [2.45, 2.75) is 19.4 Å². The Morgan fingerprint density at radius 3 is 2.40 bits per heavy atom. The fourth-order valence-electron chi connectivity index (χ4n) is 2.35. The van der Waals surface area contributed by atoms with Crippen LogP contribution in [0.25, 0.3) is 0 Å². The third kappa shape index (κ3) is 3.91. The first kappa shape index (κ1) is 15.2. The molecule has 7 heteroatoms. The predicted molar refractivity (Wildman–Crippen MR) is 80.2 cm³/mol. The van der Waals surface area contributed by atoms with Gasteiger partial charge in [-0.15, -0.1) is 0 Å². The van der Waals surface area contributed by atoms with E-state index in [0.717, 1.165) is 17.8 Å². The molecule has 0 bridgehead atoms. The summed E-state index contributed by atoms with van der Waals surface area (Å²) in [6.07, 6.45) is 3.92. The SMILES string of the molecule is CC(N)Cc1ccc(N2CCN(S(C)(=O)=O)CC2)nc1. The van der Waals surface area contributed by atoms with Crippen molar-refractivity contribution in [1.82, 2.24) is 9.29 Å². The molecule has 0 saturated carbocycles. The van der Waals surface area contributed by atoms with Gasteiger partial charge in [-0.3, -0.25) is 0 Å². The van der Waals surface area contributed by atoms with Gasteiger partial charge in [-0.05, 0) is 25.0 Å². The van der Waals surface area contributed by atoms with Gasteiger partial charge in [0.15, 0.2) is 0 Å². The molecule has 1 atom stereocenters. The van der Waals surface area contributed by atoms with Crippen molar-refractivity contribution in [2.75, 3.05) is 37.3 Å². The van der Waals surface area contributed by atoms with Crippen molar-refractivity contribution in [1.29, 1.82) is 0 Å². The number of sulfonamides is 1. The van der Waals surface area contributed by atoms with Gasteiger partial charge in [-0.2, -0.15) is 4.31 Å². The van der Waals surface area contributed by atoms with E-state index in [1.807, 2.05) is 25.3 Å². The summed E-state index contributed by atoms with van der Waals surface area (Å²) in [5, 5.41) is 0. The van der Waals surface area contributed by atoms with E-state index < -0.39 is 10.0 Å². The van der Waals surface area contributed by atoms with Crippen LogP contribution in [0.1, 0.15) is 12.5 Å². The van der Waals surface area contributed by atoms with Crippen LogP contribution in [0.5, 0.6) is 0 Å². The Labute approximate surface area is 120 Å². The number of aromatic nitrogens is 1. The van der Waals surface area contributed by atoms with Crippen molar-refractivity contribution >= 4 is 15.8 Å². The lowest BCUT2D eigenvalue weighted by molar-refractivity contribution is 0.387. The molecule has 0 aliphatic carbocycles. The van der Waals surface area contributed by atoms with Crippen LogP contribution in [0.15, 0.2) is 18.3 Å². The molecule has 0 radical (unpaired) electrons. The molecular weight excluding hydrogens is 276 g/mol. The summed E-state index contributed by atoms with van der Waals surface area (Å²) in [7, 11) is -3.08. The number of rotatable bonds is 4. The van der Waals surface area contributed by atoms with Crippen molar-refractivity contribution in [3.8, 4) is 0 Å². The number of piperazine rings is 1. The predicted octanol–water partition coefficient (Wildman–Crippen LogP) is 0.0529. The number of nitrogens with two attached hydrogens (primary N) is 1. The van der Waals surface area contributed by atoms with E-state index in [1.54, 1.807) is 0 Å². The minimum atomic E-state index is -3.08. The third-order valence-corrected chi connectivity index (χ3v) is 4.70. The highest BCUT2D eigenvalue weighted by atomic mass is 32.2. The van der Waals surface area contributed by atoms with Crippen LogP contribution in [-0.2, 0) is 16.4 Å². The molecule has 1 aromatic heterocycles. The Morgan fingerprint density at radius 2 is 1.95 bits per heavy atom. The van der Waals surface area contributed by atoms with Crippen molar-refractivity contribution in [3.05, 3.63) is 23.9 Å². The first-order valence-electron chi connectivity index (χ1n) is 6.77. The lowest BCUT2D eigenvalue weighted by atomic mass is 10.1. The molecule has 0 aromatic carbocycles. The third-order valence-electron chi connectivity index (χ3n) is 3.40. The highest BCUT2D eigenvalue weighted by Crippen LogP contribution is 2.15. The molecule has 0 amide bonds. The molecule has 1 unspecified atom stereocenters. The highest BCUT2D eigenvalue weighted by Gasteiger charge is 2.23. The normalized spacial score (nSPS) is 19.1. The van der Waals surface area contributed by atoms with Gasteiger partial charge in [-0.25, -0.2) is 13.4 Å². The fraction of sp³-hybridized carbons (Fsp3) is 0.615. The summed E-state index contributed by atoms with van der Waals surface area (Å²) in [6.45, 7) is 4.35. The van der Waals surface area contributed by atoms with Crippen molar-refractivity contribution < 1.29 is 8.42 Å². The van der Waals surface area contributed by atoms with Gasteiger partial charge in [0.2, 0.25) is 10.0 Å². The highest BCUT2D eigenvalue weighted by molar-refractivity contribution is 7.88. The lowest BCUT2D eigenvalue weighted by Gasteiger charge is -2.34. The summed E-state index contributed by atoms with van der Waals surface area (Å²) in [4.78, 5) is 6.55. The molecule has 1 fully saturated rings. The first-order chi connectivity index (χ1) is 9.36. The van der Waals surface area contributed by atoms with Gasteiger partial charge >= 0.3 is 0 Å². The van der Waals surface area contributed by atoms with Crippen LogP contribution < -0.4 is 10.6 Å². The van der Waals surface area contributed by atoms with Crippen LogP contribution in [0.4, 0.5) is 5.82 Å². The second-order valence-corrected chi connectivity index (χ2v) is 7.34. The van der Waals surface area contributed by atoms with Crippen molar-refractivity contribution in [3.63, 3.8) is 0 Å². The summed E-state index contributed by atoms with van der Waals surface area (Å²) in [5.74, 6) is 0.895. The molecule has 0 spiro atoms. The maximum Gasteiger partial charge on any atom is 0.211 e. The Hall–Kier alpha value is -1.18. The monoisotopic (exact) mass is 298 g/mol. The number of hydrogen-bond donors (Lipinski definition) is 1. The van der Waals surface area contributed by atoms with Gasteiger partial charge < -0.3 is 10.6 Å². The van der Waals surface area contributed by atoms with E-state index in [2.05, 4.69) is 9.88 Å². The molecule has 20 heavy (non-hydrogen) atoms. The van der Waals surface area contributed by atoms with Crippen LogP contribution in [0.3, 0.4) is 0 Å². The van der Waals surface area contributed by atoms with Gasteiger partial charge in [0, 0.05) is 38.4 Å². The fourth-order valence-corrected chi connectivity index (χ4v) is 3.17. The minimum absolute atomic E-state index is 0.126. The van der Waals surface area contributed by atoms with Gasteiger partial charge in [0.25, 0.3) is 0 Å². The van der Waals surface area contributed by atoms with E-state index in [9.17, 15) is 8.42 Å². The summed E-state index contributed by atoms with van der Waals surface area (Å²) in [5.41, 5.74) is 6.88. The zero-order valence-electron chi connectivity index (χ0n) is 12.0. The maximum atomic E-state index is 11.5. The smallest absolute Gasteiger partial charge is 0.211 e. The average Bonchev–Trinajstić information content (AvgIpc) is 2.38. The van der Waals surface area contributed by atoms with Crippen molar-refractivity contribution in [2.24, 2.45) is 5.73 Å². The summed E-state index contributed by atoms with van der Waals surface area (Å²) in [6, 6.07) is 4.14. The Bertz CT molecular complexity index is 534. The van der Waals surface area contributed by atoms with Crippen LogP contribution >= 0.6 is 0 Å². The molecule has 2 N–H and O–H groups in total. The summed E-state index contributed by atoms with van der Waals surface area (Å²) >= 11 is 0. The molecule has 6 nitrogen and oxygen atoms in total.